The Balaban J connectivity index is 1.31. The Bertz CT molecular complexity index is 1270. The van der Waals surface area contributed by atoms with Crippen LogP contribution in [0.15, 0.2) is 77.7 Å². The van der Waals surface area contributed by atoms with Crippen LogP contribution in [0.25, 0.3) is 0 Å². The maximum atomic E-state index is 13.1. The zero-order chi connectivity index (χ0) is 24.8. The fourth-order valence-corrected chi connectivity index (χ4v) is 6.11. The molecule has 0 bridgehead atoms. The second kappa shape index (κ2) is 11.1. The van der Waals surface area contributed by atoms with Gasteiger partial charge in [0.05, 0.1) is 4.90 Å². The molecule has 0 saturated carbocycles. The van der Waals surface area contributed by atoms with E-state index in [2.05, 4.69) is 5.32 Å². The third-order valence-electron chi connectivity index (χ3n) is 6.44. The summed E-state index contributed by atoms with van der Waals surface area (Å²) in [4.78, 5) is 13.2. The van der Waals surface area contributed by atoms with Gasteiger partial charge < -0.3 is 10.1 Å². The molecule has 1 saturated heterocycles. The van der Waals surface area contributed by atoms with Gasteiger partial charge in [-0.1, -0.05) is 66.2 Å². The van der Waals surface area contributed by atoms with E-state index in [0.717, 1.165) is 28.0 Å². The molecule has 184 valence electrons. The molecule has 35 heavy (non-hydrogen) atoms. The number of hydrogen-bond donors (Lipinski definition) is 1. The lowest BCUT2D eigenvalue weighted by atomic mass is 9.97. The topological polar surface area (TPSA) is 75.7 Å². The first kappa shape index (κ1) is 24.9. The quantitative estimate of drug-likeness (QED) is 0.499. The SMILES string of the molecule is Cc1ccc(S(=O)(=O)N2CCC(C(=O)NCc3ccccc3OCc3ccccc3)CC2)c(C)c1. The van der Waals surface area contributed by atoms with Gasteiger partial charge in [0.1, 0.15) is 12.4 Å². The van der Waals surface area contributed by atoms with Crippen LogP contribution in [0.2, 0.25) is 0 Å². The Hall–Kier alpha value is -3.16. The Kier molecular flexibility index (Phi) is 7.88. The number of para-hydroxylation sites is 1. The Morgan fingerprint density at radius 1 is 0.971 bits per heavy atom. The summed E-state index contributed by atoms with van der Waals surface area (Å²) >= 11 is 0. The second-order valence-electron chi connectivity index (χ2n) is 9.05. The molecule has 0 aliphatic carbocycles. The van der Waals surface area contributed by atoms with Gasteiger partial charge in [0.2, 0.25) is 15.9 Å². The molecule has 1 N–H and O–H groups in total. The number of aryl methyl sites for hydroxylation is 2. The van der Waals surface area contributed by atoms with E-state index < -0.39 is 10.0 Å². The summed E-state index contributed by atoms with van der Waals surface area (Å²) in [6.07, 6.45) is 1.00. The van der Waals surface area contributed by atoms with E-state index in [1.807, 2.05) is 80.6 Å². The summed E-state index contributed by atoms with van der Waals surface area (Å²) in [5, 5.41) is 3.02. The van der Waals surface area contributed by atoms with Crippen molar-refractivity contribution in [1.82, 2.24) is 9.62 Å². The predicted octanol–water partition coefficient (Wildman–Crippen LogP) is 4.60. The van der Waals surface area contributed by atoms with Crippen molar-refractivity contribution < 1.29 is 17.9 Å². The van der Waals surface area contributed by atoms with E-state index in [-0.39, 0.29) is 11.8 Å². The summed E-state index contributed by atoms with van der Waals surface area (Å²) in [5.41, 5.74) is 3.77. The molecular formula is C28H32N2O4S. The summed E-state index contributed by atoms with van der Waals surface area (Å²) in [5.74, 6) is 0.482. The van der Waals surface area contributed by atoms with Gasteiger partial charge in [0.15, 0.2) is 0 Å². The van der Waals surface area contributed by atoms with Crippen LogP contribution in [0.1, 0.15) is 35.1 Å². The van der Waals surface area contributed by atoms with Crippen LogP contribution in [-0.4, -0.2) is 31.7 Å². The first-order valence-electron chi connectivity index (χ1n) is 11.9. The molecule has 0 atom stereocenters. The van der Waals surface area contributed by atoms with E-state index >= 15 is 0 Å². The third kappa shape index (κ3) is 6.10. The molecule has 0 radical (unpaired) electrons. The number of piperidine rings is 1. The van der Waals surface area contributed by atoms with Crippen molar-refractivity contribution in [2.75, 3.05) is 13.1 Å². The van der Waals surface area contributed by atoms with Gasteiger partial charge in [-0.15, -0.1) is 0 Å². The maximum Gasteiger partial charge on any atom is 0.243 e. The lowest BCUT2D eigenvalue weighted by Gasteiger charge is -2.31. The highest BCUT2D eigenvalue weighted by Gasteiger charge is 2.32. The fraction of sp³-hybridized carbons (Fsp3) is 0.321. The standard InChI is InChI=1S/C28H32N2O4S/c1-21-12-13-27(22(2)18-21)35(32,33)30-16-14-24(15-17-30)28(31)29-19-25-10-6-7-11-26(25)34-20-23-8-4-3-5-9-23/h3-13,18,24H,14-17,19-20H2,1-2H3,(H,29,31). The third-order valence-corrected chi connectivity index (χ3v) is 8.49. The summed E-state index contributed by atoms with van der Waals surface area (Å²) < 4.78 is 33.7. The number of carbonyl (C=O) groups is 1. The molecule has 3 aromatic rings. The molecular weight excluding hydrogens is 460 g/mol. The average Bonchev–Trinajstić information content (AvgIpc) is 2.87. The number of nitrogens with zero attached hydrogens (tertiary/aromatic N) is 1. The predicted molar refractivity (Wildman–Crippen MR) is 136 cm³/mol. The van der Waals surface area contributed by atoms with Crippen molar-refractivity contribution in [2.45, 2.75) is 44.7 Å². The first-order valence-corrected chi connectivity index (χ1v) is 13.4. The van der Waals surface area contributed by atoms with Crippen LogP contribution in [0.4, 0.5) is 0 Å². The lowest BCUT2D eigenvalue weighted by molar-refractivity contribution is -0.126. The Morgan fingerprint density at radius 2 is 1.66 bits per heavy atom. The molecule has 6 nitrogen and oxygen atoms in total. The van der Waals surface area contributed by atoms with Gasteiger partial charge in [-0.3, -0.25) is 4.79 Å². The number of rotatable bonds is 8. The number of ether oxygens (including phenoxy) is 1. The van der Waals surface area contributed by atoms with Gasteiger partial charge in [0.25, 0.3) is 0 Å². The van der Waals surface area contributed by atoms with Gasteiger partial charge >= 0.3 is 0 Å². The molecule has 1 fully saturated rings. The minimum absolute atomic E-state index is 0.0496. The molecule has 0 spiro atoms. The van der Waals surface area contributed by atoms with Gasteiger partial charge in [-0.05, 0) is 49.9 Å². The molecule has 0 unspecified atom stereocenters. The van der Waals surface area contributed by atoms with Crippen LogP contribution in [-0.2, 0) is 28.0 Å². The second-order valence-corrected chi connectivity index (χ2v) is 11.0. The number of amides is 1. The van der Waals surface area contributed by atoms with Crippen LogP contribution >= 0.6 is 0 Å². The normalized spacial score (nSPS) is 15.0. The van der Waals surface area contributed by atoms with E-state index in [0.29, 0.717) is 44.0 Å². The van der Waals surface area contributed by atoms with Crippen molar-refractivity contribution in [1.29, 1.82) is 0 Å². The number of carbonyl (C=O) groups excluding carboxylic acids is 1. The van der Waals surface area contributed by atoms with Crippen molar-refractivity contribution in [3.8, 4) is 5.75 Å². The van der Waals surface area contributed by atoms with Crippen molar-refractivity contribution >= 4 is 15.9 Å². The van der Waals surface area contributed by atoms with Crippen LogP contribution < -0.4 is 10.1 Å². The Morgan fingerprint density at radius 3 is 2.37 bits per heavy atom. The highest BCUT2D eigenvalue weighted by Crippen LogP contribution is 2.27. The largest absolute Gasteiger partial charge is 0.489 e. The van der Waals surface area contributed by atoms with E-state index in [1.54, 1.807) is 6.07 Å². The van der Waals surface area contributed by atoms with Crippen molar-refractivity contribution in [3.63, 3.8) is 0 Å². The summed E-state index contributed by atoms with van der Waals surface area (Å²) in [6.45, 7) is 5.27. The average molecular weight is 493 g/mol. The molecule has 4 rings (SSSR count). The monoisotopic (exact) mass is 492 g/mol. The molecule has 1 aliphatic rings. The highest BCUT2D eigenvalue weighted by molar-refractivity contribution is 7.89. The first-order chi connectivity index (χ1) is 16.8. The number of hydrogen-bond acceptors (Lipinski definition) is 4. The smallest absolute Gasteiger partial charge is 0.243 e. The zero-order valence-electron chi connectivity index (χ0n) is 20.2. The highest BCUT2D eigenvalue weighted by atomic mass is 32.2. The summed E-state index contributed by atoms with van der Waals surface area (Å²) in [6, 6.07) is 23.0. The van der Waals surface area contributed by atoms with Gasteiger partial charge in [-0.25, -0.2) is 8.42 Å². The maximum absolute atomic E-state index is 13.1. The van der Waals surface area contributed by atoms with E-state index in [4.69, 9.17) is 4.74 Å². The molecule has 7 heteroatoms. The number of nitrogens with one attached hydrogen (secondary N) is 1. The molecule has 3 aromatic carbocycles. The van der Waals surface area contributed by atoms with Crippen molar-refractivity contribution in [2.24, 2.45) is 5.92 Å². The van der Waals surface area contributed by atoms with Crippen LogP contribution in [0.3, 0.4) is 0 Å². The zero-order valence-corrected chi connectivity index (χ0v) is 21.1. The number of sulfonamides is 1. The number of benzene rings is 3. The lowest BCUT2D eigenvalue weighted by Crippen LogP contribution is -2.43. The minimum Gasteiger partial charge on any atom is -0.489 e. The molecule has 1 heterocycles. The minimum atomic E-state index is -3.56. The molecule has 0 aromatic heterocycles. The van der Waals surface area contributed by atoms with Gasteiger partial charge in [-0.2, -0.15) is 4.31 Å². The van der Waals surface area contributed by atoms with Gasteiger partial charge in [0, 0.05) is 31.1 Å². The summed E-state index contributed by atoms with van der Waals surface area (Å²) in [7, 11) is -3.56. The van der Waals surface area contributed by atoms with E-state index in [1.165, 1.54) is 4.31 Å². The van der Waals surface area contributed by atoms with Crippen LogP contribution in [0.5, 0.6) is 5.75 Å². The fourth-order valence-electron chi connectivity index (χ4n) is 4.44. The molecule has 1 amide bonds. The molecule has 1 aliphatic heterocycles. The van der Waals surface area contributed by atoms with E-state index in [9.17, 15) is 13.2 Å². The Labute approximate surface area is 208 Å². The van der Waals surface area contributed by atoms with Crippen molar-refractivity contribution in [3.05, 3.63) is 95.1 Å². The van der Waals surface area contributed by atoms with Crippen LogP contribution in [0, 0.1) is 19.8 Å².